The molecule has 0 amide bonds. The van der Waals surface area contributed by atoms with Gasteiger partial charge in [0.05, 0.1) is 7.11 Å². The molecule has 23 heavy (non-hydrogen) atoms. The van der Waals surface area contributed by atoms with E-state index in [1.165, 1.54) is 5.56 Å². The van der Waals surface area contributed by atoms with Crippen LogP contribution in [0.4, 0.5) is 5.69 Å². The van der Waals surface area contributed by atoms with Crippen LogP contribution < -0.4 is 20.4 Å². The molecule has 2 N–H and O–H groups in total. The zero-order valence-corrected chi connectivity index (χ0v) is 13.0. The first-order valence-corrected chi connectivity index (χ1v) is 7.25. The predicted molar refractivity (Wildman–Crippen MR) is 85.9 cm³/mol. The molecule has 0 unspecified atom stereocenters. The SMILES string of the molecule is COc1ccc(-[n+]2[nH]oc(=O)c2CNc2ccc(C)cc2)cc1. The Kier molecular flexibility index (Phi) is 4.14. The Morgan fingerprint density at radius 2 is 1.83 bits per heavy atom. The molecule has 0 saturated heterocycles. The summed E-state index contributed by atoms with van der Waals surface area (Å²) in [6.07, 6.45) is 0. The molecular formula is C17H18N3O3+. The van der Waals surface area contributed by atoms with Crippen LogP contribution in [-0.2, 0) is 6.54 Å². The van der Waals surface area contributed by atoms with Crippen molar-refractivity contribution < 1.29 is 13.9 Å². The van der Waals surface area contributed by atoms with Crippen LogP contribution in [0, 0.1) is 6.92 Å². The van der Waals surface area contributed by atoms with Gasteiger partial charge < -0.3 is 10.1 Å². The van der Waals surface area contributed by atoms with E-state index < -0.39 is 5.63 Å². The number of nitrogens with zero attached hydrogens (tertiary/aromatic N) is 1. The molecule has 0 spiro atoms. The smallest absolute Gasteiger partial charge is 0.432 e. The second-order valence-electron chi connectivity index (χ2n) is 5.18. The van der Waals surface area contributed by atoms with Crippen LogP contribution >= 0.6 is 0 Å². The number of aromatic nitrogens is 2. The van der Waals surface area contributed by atoms with E-state index >= 15 is 0 Å². The molecule has 118 valence electrons. The monoisotopic (exact) mass is 312 g/mol. The van der Waals surface area contributed by atoms with Crippen molar-refractivity contribution in [3.8, 4) is 11.4 Å². The van der Waals surface area contributed by atoms with Crippen molar-refractivity contribution in [1.82, 2.24) is 5.27 Å². The molecule has 3 aromatic rings. The number of methoxy groups -OCH3 is 1. The first-order valence-electron chi connectivity index (χ1n) is 7.25. The van der Waals surface area contributed by atoms with Crippen molar-refractivity contribution >= 4 is 5.69 Å². The van der Waals surface area contributed by atoms with Gasteiger partial charge in [-0.1, -0.05) is 17.7 Å². The highest BCUT2D eigenvalue weighted by atomic mass is 16.5. The number of aryl methyl sites for hydroxylation is 1. The van der Waals surface area contributed by atoms with Gasteiger partial charge in [0, 0.05) is 17.8 Å². The third-order valence-corrected chi connectivity index (χ3v) is 3.58. The molecule has 2 aromatic carbocycles. The molecule has 6 heteroatoms. The molecule has 0 aliphatic heterocycles. The number of H-pyrrole nitrogens is 1. The van der Waals surface area contributed by atoms with Crippen molar-refractivity contribution in [2.45, 2.75) is 13.5 Å². The first-order chi connectivity index (χ1) is 11.2. The Labute approximate surface area is 133 Å². The normalized spacial score (nSPS) is 10.5. The second kappa shape index (κ2) is 6.39. The van der Waals surface area contributed by atoms with Crippen molar-refractivity contribution in [2.24, 2.45) is 0 Å². The number of rotatable bonds is 5. The van der Waals surface area contributed by atoms with E-state index in [0.717, 1.165) is 17.1 Å². The Bertz CT molecular complexity index is 833. The fraction of sp³-hybridized carbons (Fsp3) is 0.176. The van der Waals surface area contributed by atoms with E-state index in [2.05, 4.69) is 10.6 Å². The molecule has 0 radical (unpaired) electrons. The fourth-order valence-corrected chi connectivity index (χ4v) is 2.24. The van der Waals surface area contributed by atoms with Gasteiger partial charge in [-0.3, -0.25) is 4.52 Å². The van der Waals surface area contributed by atoms with E-state index in [1.54, 1.807) is 11.8 Å². The summed E-state index contributed by atoms with van der Waals surface area (Å²) in [6.45, 7) is 2.38. The molecule has 1 aromatic heterocycles. The van der Waals surface area contributed by atoms with Crippen molar-refractivity contribution in [1.29, 1.82) is 0 Å². The van der Waals surface area contributed by atoms with Gasteiger partial charge in [0.25, 0.3) is 0 Å². The fourth-order valence-electron chi connectivity index (χ4n) is 2.24. The third-order valence-electron chi connectivity index (χ3n) is 3.58. The van der Waals surface area contributed by atoms with Gasteiger partial charge in [0.2, 0.25) is 5.69 Å². The lowest BCUT2D eigenvalue weighted by Gasteiger charge is -2.03. The molecular weight excluding hydrogens is 294 g/mol. The summed E-state index contributed by atoms with van der Waals surface area (Å²) in [5.41, 5.74) is 3.00. The number of hydrogen-bond acceptors (Lipinski definition) is 4. The number of ether oxygens (including phenoxy) is 1. The second-order valence-corrected chi connectivity index (χ2v) is 5.18. The number of anilines is 1. The van der Waals surface area contributed by atoms with E-state index in [9.17, 15) is 4.79 Å². The van der Waals surface area contributed by atoms with Crippen LogP contribution in [0.5, 0.6) is 5.75 Å². The van der Waals surface area contributed by atoms with Crippen molar-refractivity contribution in [3.63, 3.8) is 0 Å². The lowest BCUT2D eigenvalue weighted by Crippen LogP contribution is -2.39. The third kappa shape index (κ3) is 3.26. The minimum Gasteiger partial charge on any atom is -0.497 e. The molecule has 1 heterocycles. The van der Waals surface area contributed by atoms with Crippen LogP contribution in [0.25, 0.3) is 5.69 Å². The van der Waals surface area contributed by atoms with Gasteiger partial charge >= 0.3 is 11.3 Å². The largest absolute Gasteiger partial charge is 0.497 e. The standard InChI is InChI=1S/C17H17N3O3/c1-12-3-5-13(6-4-12)18-11-16-17(21)23-19-20(16)14-7-9-15(22-2)10-8-14/h3-10,18H,11H2,1-2H3/p+1. The minimum absolute atomic E-state index is 0.348. The first kappa shape index (κ1) is 14.9. The Balaban J connectivity index is 1.83. The van der Waals surface area contributed by atoms with Gasteiger partial charge in [-0.25, -0.2) is 4.79 Å². The van der Waals surface area contributed by atoms with Gasteiger partial charge in [-0.15, -0.1) is 0 Å². The highest BCUT2D eigenvalue weighted by Gasteiger charge is 2.22. The molecule has 6 nitrogen and oxygen atoms in total. The zero-order chi connectivity index (χ0) is 16.2. The molecule has 3 rings (SSSR count). The summed E-state index contributed by atoms with van der Waals surface area (Å²) in [6, 6.07) is 15.3. The van der Waals surface area contributed by atoms with Crippen LogP contribution in [0.2, 0.25) is 0 Å². The van der Waals surface area contributed by atoms with E-state index in [-0.39, 0.29) is 0 Å². The summed E-state index contributed by atoms with van der Waals surface area (Å²) in [4.78, 5) is 11.9. The Hall–Kier alpha value is -3.02. The topological polar surface area (TPSA) is 71.1 Å². The molecule has 0 aliphatic carbocycles. The highest BCUT2D eigenvalue weighted by Crippen LogP contribution is 2.12. The summed E-state index contributed by atoms with van der Waals surface area (Å²) in [5.74, 6) is 0.750. The number of hydrogen-bond donors (Lipinski definition) is 2. The van der Waals surface area contributed by atoms with Crippen LogP contribution in [0.3, 0.4) is 0 Å². The van der Waals surface area contributed by atoms with Crippen molar-refractivity contribution in [2.75, 3.05) is 12.4 Å². The number of aromatic amines is 1. The number of benzene rings is 2. The van der Waals surface area contributed by atoms with E-state index in [4.69, 9.17) is 9.26 Å². The summed E-state index contributed by atoms with van der Waals surface area (Å²) >= 11 is 0. The zero-order valence-electron chi connectivity index (χ0n) is 13.0. The average Bonchev–Trinajstić information content (AvgIpc) is 2.95. The molecule has 0 bridgehead atoms. The molecule has 0 fully saturated rings. The Morgan fingerprint density at radius 1 is 1.13 bits per heavy atom. The minimum atomic E-state index is -0.402. The average molecular weight is 312 g/mol. The lowest BCUT2D eigenvalue weighted by molar-refractivity contribution is -0.677. The van der Waals surface area contributed by atoms with E-state index in [0.29, 0.717) is 12.2 Å². The van der Waals surface area contributed by atoms with Gasteiger partial charge in [-0.05, 0) is 41.1 Å². The van der Waals surface area contributed by atoms with Gasteiger partial charge in [-0.2, -0.15) is 0 Å². The predicted octanol–water partition coefficient (Wildman–Crippen LogP) is 2.17. The molecule has 0 saturated carbocycles. The quantitative estimate of drug-likeness (QED) is 0.708. The molecule has 0 atom stereocenters. The maximum atomic E-state index is 11.9. The van der Waals surface area contributed by atoms with E-state index in [1.807, 2.05) is 55.5 Å². The maximum Gasteiger partial charge on any atom is 0.432 e. The summed E-state index contributed by atoms with van der Waals surface area (Å²) in [5, 5.41) is 5.84. The number of nitrogens with one attached hydrogen (secondary N) is 2. The van der Waals surface area contributed by atoms with Crippen LogP contribution in [0.1, 0.15) is 11.3 Å². The van der Waals surface area contributed by atoms with Crippen LogP contribution in [0.15, 0.2) is 57.8 Å². The van der Waals surface area contributed by atoms with Crippen molar-refractivity contribution in [3.05, 3.63) is 70.2 Å². The maximum absolute atomic E-state index is 11.9. The van der Waals surface area contributed by atoms with Gasteiger partial charge in [0.15, 0.2) is 0 Å². The molecule has 0 aliphatic rings. The summed E-state index contributed by atoms with van der Waals surface area (Å²) in [7, 11) is 1.61. The highest BCUT2D eigenvalue weighted by molar-refractivity contribution is 5.44. The van der Waals surface area contributed by atoms with Gasteiger partial charge in [0.1, 0.15) is 12.3 Å². The van der Waals surface area contributed by atoms with Crippen LogP contribution in [-0.4, -0.2) is 12.4 Å². The lowest BCUT2D eigenvalue weighted by atomic mass is 10.2. The summed E-state index contributed by atoms with van der Waals surface area (Å²) < 4.78 is 11.7. The Morgan fingerprint density at radius 3 is 2.48 bits per heavy atom.